The zero-order valence-corrected chi connectivity index (χ0v) is 17.5. The topological polar surface area (TPSA) is 129 Å². The second kappa shape index (κ2) is 9.51. The zero-order valence-electron chi connectivity index (χ0n) is 16.7. The normalized spacial score (nSPS) is 11.3. The number of nitrogens with two attached hydrogens (primary N) is 1. The van der Waals surface area contributed by atoms with E-state index < -0.39 is 10.0 Å². The van der Waals surface area contributed by atoms with E-state index in [0.717, 1.165) is 26.2 Å². The van der Waals surface area contributed by atoms with Gasteiger partial charge in [0, 0.05) is 31.9 Å². The molecule has 154 valence electrons. The molecule has 2 rings (SSSR count). The second-order valence-electron chi connectivity index (χ2n) is 5.90. The van der Waals surface area contributed by atoms with Gasteiger partial charge in [-0.1, -0.05) is 0 Å². The quantitative estimate of drug-likeness (QED) is 0.395. The van der Waals surface area contributed by atoms with E-state index in [1.54, 1.807) is 0 Å². The van der Waals surface area contributed by atoms with Crippen molar-refractivity contribution in [3.05, 3.63) is 24.3 Å². The van der Waals surface area contributed by atoms with Crippen molar-refractivity contribution in [2.75, 3.05) is 47.1 Å². The first-order chi connectivity index (χ1) is 13.3. The molecule has 28 heavy (non-hydrogen) atoms. The summed E-state index contributed by atoms with van der Waals surface area (Å²) in [7, 11) is -3.81. The summed E-state index contributed by atoms with van der Waals surface area (Å²) in [6, 6.07) is 5.90. The molecule has 1 aromatic carbocycles. The molecule has 0 radical (unpaired) electrons. The van der Waals surface area contributed by atoms with E-state index >= 15 is 0 Å². The van der Waals surface area contributed by atoms with Gasteiger partial charge in [-0.2, -0.15) is 15.0 Å². The van der Waals surface area contributed by atoms with Crippen LogP contribution in [0.25, 0.3) is 0 Å². The lowest BCUT2D eigenvalue weighted by Crippen LogP contribution is -2.33. The molecule has 0 unspecified atom stereocenters. The van der Waals surface area contributed by atoms with Crippen molar-refractivity contribution in [2.45, 2.75) is 32.6 Å². The molecule has 0 saturated heterocycles. The Bertz CT molecular complexity index is 835. The molecule has 10 nitrogen and oxygen atoms in total. The number of aromatic nitrogens is 3. The third-order valence-electron chi connectivity index (χ3n) is 4.19. The molecule has 4 N–H and O–H groups in total. The Kier molecular flexibility index (Phi) is 7.35. The first-order valence-corrected chi connectivity index (χ1v) is 10.7. The minimum Gasteiger partial charge on any atom is -0.399 e. The van der Waals surface area contributed by atoms with Crippen LogP contribution in [0.3, 0.4) is 0 Å². The largest absolute Gasteiger partial charge is 0.399 e. The van der Waals surface area contributed by atoms with Gasteiger partial charge in [0.15, 0.2) is 0 Å². The Morgan fingerprint density at radius 3 is 1.75 bits per heavy atom. The van der Waals surface area contributed by atoms with Crippen molar-refractivity contribution >= 4 is 33.6 Å². The molecular weight excluding hydrogens is 380 g/mol. The van der Waals surface area contributed by atoms with Gasteiger partial charge < -0.3 is 15.5 Å². The lowest BCUT2D eigenvalue weighted by molar-refractivity contribution is 0.587. The molecule has 0 amide bonds. The van der Waals surface area contributed by atoms with E-state index in [9.17, 15) is 8.42 Å². The van der Waals surface area contributed by atoms with E-state index in [4.69, 9.17) is 5.73 Å². The number of anilines is 4. The predicted octanol–water partition coefficient (Wildman–Crippen LogP) is 1.45. The fraction of sp³-hybridized carbons (Fsp3) is 0.471. The van der Waals surface area contributed by atoms with E-state index in [2.05, 4.69) is 25.2 Å². The van der Waals surface area contributed by atoms with Crippen LogP contribution in [0.5, 0.6) is 0 Å². The highest BCUT2D eigenvalue weighted by atomic mass is 32.2. The predicted molar refractivity (Wildman–Crippen MR) is 112 cm³/mol. The Hall–Kier alpha value is -2.66. The highest BCUT2D eigenvalue weighted by Gasteiger charge is 2.17. The second-order valence-corrected chi connectivity index (χ2v) is 7.59. The number of nitrogen functional groups attached to an aromatic ring is 1. The number of nitrogens with one attached hydrogen (secondary N) is 2. The van der Waals surface area contributed by atoms with Gasteiger partial charge in [-0.05, 0) is 52.0 Å². The van der Waals surface area contributed by atoms with Crippen LogP contribution in [0.4, 0.5) is 23.5 Å². The lowest BCUT2D eigenvalue weighted by Gasteiger charge is -2.23. The fourth-order valence-electron chi connectivity index (χ4n) is 2.52. The van der Waals surface area contributed by atoms with Gasteiger partial charge in [-0.15, -0.1) is 4.83 Å². The molecule has 1 heterocycles. The van der Waals surface area contributed by atoms with Crippen molar-refractivity contribution in [2.24, 2.45) is 0 Å². The van der Waals surface area contributed by atoms with Gasteiger partial charge in [0.25, 0.3) is 10.0 Å². The number of hydrazine groups is 1. The molecule has 0 aliphatic heterocycles. The van der Waals surface area contributed by atoms with E-state index in [-0.39, 0.29) is 10.8 Å². The molecule has 2 aromatic rings. The van der Waals surface area contributed by atoms with E-state index in [0.29, 0.717) is 17.6 Å². The molecule has 1 aromatic heterocycles. The van der Waals surface area contributed by atoms with Crippen molar-refractivity contribution in [3.63, 3.8) is 0 Å². The van der Waals surface area contributed by atoms with Crippen molar-refractivity contribution in [1.82, 2.24) is 19.8 Å². The molecule has 0 aliphatic carbocycles. The first-order valence-electron chi connectivity index (χ1n) is 9.23. The Morgan fingerprint density at radius 2 is 1.32 bits per heavy atom. The smallest absolute Gasteiger partial charge is 0.257 e. The summed E-state index contributed by atoms with van der Waals surface area (Å²) in [5.74, 6) is 1.09. The summed E-state index contributed by atoms with van der Waals surface area (Å²) in [6.07, 6.45) is 0. The summed E-state index contributed by atoms with van der Waals surface area (Å²) in [5.41, 5.74) is 8.69. The highest BCUT2D eigenvalue weighted by molar-refractivity contribution is 7.89. The number of rotatable bonds is 10. The van der Waals surface area contributed by atoms with Crippen molar-refractivity contribution in [1.29, 1.82) is 0 Å². The minimum atomic E-state index is -3.81. The summed E-state index contributed by atoms with van der Waals surface area (Å²) in [5, 5.41) is 0. The summed E-state index contributed by atoms with van der Waals surface area (Å²) in [6.45, 7) is 10.9. The van der Waals surface area contributed by atoms with Gasteiger partial charge in [0.2, 0.25) is 17.8 Å². The first kappa shape index (κ1) is 21.6. The van der Waals surface area contributed by atoms with Gasteiger partial charge in [-0.25, -0.2) is 8.42 Å². The average molecular weight is 409 g/mol. The summed E-state index contributed by atoms with van der Waals surface area (Å²) >= 11 is 0. The molecule has 0 saturated carbocycles. The van der Waals surface area contributed by atoms with Crippen molar-refractivity contribution < 1.29 is 8.42 Å². The zero-order chi connectivity index (χ0) is 20.7. The van der Waals surface area contributed by atoms with Crippen LogP contribution in [0.2, 0.25) is 0 Å². The molecule has 11 heteroatoms. The molecular formula is C17H28N8O2S. The van der Waals surface area contributed by atoms with Gasteiger partial charge in [0.05, 0.1) is 4.90 Å². The number of sulfonamides is 1. The third-order valence-corrected chi connectivity index (χ3v) is 5.46. The van der Waals surface area contributed by atoms with Gasteiger partial charge in [-0.3, -0.25) is 5.43 Å². The maximum absolute atomic E-state index is 12.5. The van der Waals surface area contributed by atoms with Crippen LogP contribution in [0.1, 0.15) is 27.7 Å². The molecule has 0 atom stereocenters. The SMILES string of the molecule is CCN(CC)c1nc(NNS(=O)(=O)c2ccc(N)cc2)nc(N(CC)CC)n1. The average Bonchev–Trinajstić information content (AvgIpc) is 2.69. The van der Waals surface area contributed by atoms with Crippen LogP contribution in [-0.4, -0.2) is 49.5 Å². The monoisotopic (exact) mass is 408 g/mol. The number of benzene rings is 1. The standard InChI is InChI=1S/C17H28N8O2S/c1-5-24(6-2)16-19-15(20-17(21-16)25(7-3)8-4)22-23-28(26,27)14-11-9-13(18)10-12-14/h9-12,23H,5-8,18H2,1-4H3,(H,19,20,21,22). The number of hydrogen-bond donors (Lipinski definition) is 3. The maximum atomic E-state index is 12.5. The van der Waals surface area contributed by atoms with E-state index in [1.165, 1.54) is 24.3 Å². The Labute approximate surface area is 166 Å². The lowest BCUT2D eigenvalue weighted by atomic mass is 10.3. The minimum absolute atomic E-state index is 0.0798. The molecule has 0 aliphatic rings. The maximum Gasteiger partial charge on any atom is 0.257 e. The third kappa shape index (κ3) is 5.20. The van der Waals surface area contributed by atoms with Crippen LogP contribution in [0.15, 0.2) is 29.2 Å². The van der Waals surface area contributed by atoms with E-state index in [1.807, 2.05) is 37.5 Å². The summed E-state index contributed by atoms with van der Waals surface area (Å²) < 4.78 is 24.9. The fourth-order valence-corrected chi connectivity index (χ4v) is 3.36. The number of nitrogens with zero attached hydrogens (tertiary/aromatic N) is 5. The molecule has 0 fully saturated rings. The van der Waals surface area contributed by atoms with Crippen LogP contribution in [-0.2, 0) is 10.0 Å². The summed E-state index contributed by atoms with van der Waals surface area (Å²) in [4.78, 5) is 19.6. The molecule has 0 bridgehead atoms. The van der Waals surface area contributed by atoms with Crippen LogP contribution >= 0.6 is 0 Å². The molecule has 0 spiro atoms. The highest BCUT2D eigenvalue weighted by Crippen LogP contribution is 2.17. The Morgan fingerprint density at radius 1 is 0.857 bits per heavy atom. The van der Waals surface area contributed by atoms with Gasteiger partial charge in [0.1, 0.15) is 0 Å². The number of hydrogen-bond acceptors (Lipinski definition) is 9. The van der Waals surface area contributed by atoms with Gasteiger partial charge >= 0.3 is 0 Å². The Balaban J connectivity index is 2.31. The van der Waals surface area contributed by atoms with Crippen molar-refractivity contribution in [3.8, 4) is 0 Å². The van der Waals surface area contributed by atoms with Crippen LogP contribution in [0, 0.1) is 0 Å². The van der Waals surface area contributed by atoms with Crippen LogP contribution < -0.4 is 25.8 Å².